The van der Waals surface area contributed by atoms with Gasteiger partial charge in [-0.05, 0) is 86.4 Å². The van der Waals surface area contributed by atoms with E-state index in [4.69, 9.17) is 4.74 Å². The highest BCUT2D eigenvalue weighted by atomic mass is 79.9. The van der Waals surface area contributed by atoms with Crippen LogP contribution in [0.3, 0.4) is 0 Å². The molecular formula is C29H33BrN4O3. The first-order chi connectivity index (χ1) is 17.7. The Balaban J connectivity index is 1.50. The van der Waals surface area contributed by atoms with Crippen LogP contribution in [0.1, 0.15) is 51.3 Å². The van der Waals surface area contributed by atoms with Gasteiger partial charge in [-0.15, -0.1) is 0 Å². The van der Waals surface area contributed by atoms with Crippen LogP contribution in [-0.4, -0.2) is 50.3 Å². The summed E-state index contributed by atoms with van der Waals surface area (Å²) in [6.45, 7) is 9.19. The molecule has 7 nitrogen and oxygen atoms in total. The van der Waals surface area contributed by atoms with Crippen molar-refractivity contribution < 1.29 is 9.53 Å². The van der Waals surface area contributed by atoms with Gasteiger partial charge in [0.2, 0.25) is 0 Å². The molecule has 0 spiro atoms. The second-order valence-electron chi connectivity index (χ2n) is 10.8. The van der Waals surface area contributed by atoms with Crippen molar-refractivity contribution in [2.75, 3.05) is 19.6 Å². The maximum atomic E-state index is 13.4. The first kappa shape index (κ1) is 25.7. The zero-order valence-corrected chi connectivity index (χ0v) is 23.3. The Morgan fingerprint density at radius 2 is 1.84 bits per heavy atom. The lowest BCUT2D eigenvalue weighted by Gasteiger charge is -2.26. The number of hydrogen-bond donors (Lipinski definition) is 0. The number of pyridine rings is 2. The summed E-state index contributed by atoms with van der Waals surface area (Å²) in [5.41, 5.74) is 1.99. The van der Waals surface area contributed by atoms with Crippen LogP contribution >= 0.6 is 15.9 Å². The molecule has 8 heteroatoms. The molecule has 0 bridgehead atoms. The SMILES string of the molecule is CC(C)(C)OC(=O)n1c(CCN2CCCCC2)cc2ccc(Cn3ccc4c(Br)cncc4c3=O)cc21. The standard InChI is InChI=1S/C29H33BrN4O3/c1-29(2,3)37-28(36)34-22(9-13-32-11-5-4-6-12-32)16-21-8-7-20(15-26(21)34)19-33-14-10-23-24(27(33)35)17-31-18-25(23)30/h7-8,10,14-18H,4-6,9,11-13,19H2,1-3H3. The molecule has 4 heterocycles. The Morgan fingerprint density at radius 3 is 2.59 bits per heavy atom. The van der Waals surface area contributed by atoms with Crippen LogP contribution in [-0.2, 0) is 17.7 Å². The third-order valence-electron chi connectivity index (χ3n) is 6.86. The Hall–Kier alpha value is -2.97. The van der Waals surface area contributed by atoms with E-state index in [9.17, 15) is 9.59 Å². The number of carbonyl (C=O) groups is 1. The first-order valence-electron chi connectivity index (χ1n) is 12.9. The van der Waals surface area contributed by atoms with Crippen molar-refractivity contribution in [3.05, 3.63) is 75.0 Å². The summed E-state index contributed by atoms with van der Waals surface area (Å²) in [6.07, 6.45) is 9.27. The fourth-order valence-electron chi connectivity index (χ4n) is 5.06. The molecule has 0 radical (unpaired) electrons. The molecule has 0 unspecified atom stereocenters. The van der Waals surface area contributed by atoms with Gasteiger partial charge in [0.25, 0.3) is 5.56 Å². The molecule has 3 aromatic heterocycles. The zero-order valence-electron chi connectivity index (χ0n) is 21.7. The van der Waals surface area contributed by atoms with Crippen LogP contribution in [0.4, 0.5) is 4.79 Å². The molecule has 0 aliphatic carbocycles. The molecule has 0 saturated carbocycles. The van der Waals surface area contributed by atoms with E-state index < -0.39 is 5.60 Å². The Labute approximate surface area is 225 Å². The molecule has 194 valence electrons. The van der Waals surface area contributed by atoms with Crippen LogP contribution in [0.15, 0.2) is 58.2 Å². The van der Waals surface area contributed by atoms with Gasteiger partial charge in [0.15, 0.2) is 0 Å². The number of ether oxygens (including phenoxy) is 1. The number of halogens is 1. The smallest absolute Gasteiger partial charge is 0.419 e. The summed E-state index contributed by atoms with van der Waals surface area (Å²) in [5.74, 6) is 0. The molecule has 37 heavy (non-hydrogen) atoms. The van der Waals surface area contributed by atoms with E-state index in [0.717, 1.165) is 58.1 Å². The maximum Gasteiger partial charge on any atom is 0.419 e. The number of hydrogen-bond acceptors (Lipinski definition) is 5. The number of nitrogens with zero attached hydrogens (tertiary/aromatic N) is 4. The van der Waals surface area contributed by atoms with Crippen molar-refractivity contribution in [1.29, 1.82) is 0 Å². The van der Waals surface area contributed by atoms with E-state index in [2.05, 4.69) is 31.9 Å². The van der Waals surface area contributed by atoms with Crippen molar-refractivity contribution in [1.82, 2.24) is 19.0 Å². The average Bonchev–Trinajstić information content (AvgIpc) is 3.22. The first-order valence-corrected chi connectivity index (χ1v) is 13.7. The van der Waals surface area contributed by atoms with E-state index in [-0.39, 0.29) is 11.7 Å². The third-order valence-corrected chi connectivity index (χ3v) is 7.49. The molecule has 1 fully saturated rings. The van der Waals surface area contributed by atoms with Crippen molar-refractivity contribution in [2.24, 2.45) is 0 Å². The Kier molecular flexibility index (Phi) is 7.23. The van der Waals surface area contributed by atoms with Gasteiger partial charge in [-0.3, -0.25) is 9.78 Å². The van der Waals surface area contributed by atoms with E-state index >= 15 is 0 Å². The molecule has 1 aromatic carbocycles. The lowest BCUT2D eigenvalue weighted by molar-refractivity contribution is 0.0539. The van der Waals surface area contributed by atoms with Crippen molar-refractivity contribution >= 4 is 43.7 Å². The minimum Gasteiger partial charge on any atom is -0.443 e. The van der Waals surface area contributed by atoms with Crippen molar-refractivity contribution in [3.63, 3.8) is 0 Å². The summed E-state index contributed by atoms with van der Waals surface area (Å²) in [5, 5.41) is 2.39. The van der Waals surface area contributed by atoms with Gasteiger partial charge in [-0.1, -0.05) is 18.6 Å². The number of piperidine rings is 1. The molecule has 0 amide bonds. The highest BCUT2D eigenvalue weighted by molar-refractivity contribution is 9.10. The number of carbonyl (C=O) groups excluding carboxylic acids is 1. The van der Waals surface area contributed by atoms with Gasteiger partial charge < -0.3 is 14.2 Å². The number of aromatic nitrogens is 3. The molecule has 4 aromatic rings. The number of fused-ring (bicyclic) bond motifs is 2. The van der Waals surface area contributed by atoms with Crippen LogP contribution in [0.25, 0.3) is 21.7 Å². The fourth-order valence-corrected chi connectivity index (χ4v) is 5.52. The highest BCUT2D eigenvalue weighted by Crippen LogP contribution is 2.25. The van der Waals surface area contributed by atoms with Crippen LogP contribution in [0, 0.1) is 0 Å². The van der Waals surface area contributed by atoms with Crippen LogP contribution in [0.5, 0.6) is 0 Å². The van der Waals surface area contributed by atoms with E-state index in [0.29, 0.717) is 11.9 Å². The highest BCUT2D eigenvalue weighted by Gasteiger charge is 2.23. The van der Waals surface area contributed by atoms with E-state index in [1.165, 1.54) is 19.3 Å². The molecule has 1 aliphatic rings. The molecule has 1 saturated heterocycles. The topological polar surface area (TPSA) is 69.4 Å². The molecular weight excluding hydrogens is 532 g/mol. The lowest BCUT2D eigenvalue weighted by atomic mass is 10.1. The van der Waals surface area contributed by atoms with Crippen molar-refractivity contribution in [2.45, 2.75) is 58.6 Å². The summed E-state index contributed by atoms with van der Waals surface area (Å²) in [6, 6.07) is 10.1. The van der Waals surface area contributed by atoms with Gasteiger partial charge in [0.05, 0.1) is 17.4 Å². The van der Waals surface area contributed by atoms with E-state index in [1.807, 2.05) is 45.0 Å². The summed E-state index contributed by atoms with van der Waals surface area (Å²) < 4.78 is 9.99. The number of likely N-dealkylation sites (tertiary alicyclic amines) is 1. The molecule has 5 rings (SSSR count). The van der Waals surface area contributed by atoms with Gasteiger partial charge in [0.1, 0.15) is 5.60 Å². The largest absolute Gasteiger partial charge is 0.443 e. The number of rotatable bonds is 5. The third kappa shape index (κ3) is 5.65. The number of benzene rings is 1. The predicted octanol–water partition coefficient (Wildman–Crippen LogP) is 5.97. The van der Waals surface area contributed by atoms with Crippen molar-refractivity contribution in [3.8, 4) is 0 Å². The predicted molar refractivity (Wildman–Crippen MR) is 150 cm³/mol. The summed E-state index contributed by atoms with van der Waals surface area (Å²) in [4.78, 5) is 33.1. The second-order valence-corrected chi connectivity index (χ2v) is 11.7. The summed E-state index contributed by atoms with van der Waals surface area (Å²) in [7, 11) is 0. The molecule has 1 aliphatic heterocycles. The van der Waals surface area contributed by atoms with Crippen LogP contribution < -0.4 is 5.56 Å². The quantitative estimate of drug-likeness (QED) is 0.298. The fraction of sp³-hybridized carbons (Fsp3) is 0.414. The summed E-state index contributed by atoms with van der Waals surface area (Å²) >= 11 is 3.47. The Morgan fingerprint density at radius 1 is 1.05 bits per heavy atom. The molecule has 0 atom stereocenters. The second kappa shape index (κ2) is 10.4. The zero-order chi connectivity index (χ0) is 26.2. The maximum absolute atomic E-state index is 13.4. The van der Waals surface area contributed by atoms with Gasteiger partial charge in [0, 0.05) is 52.5 Å². The van der Waals surface area contributed by atoms with Crippen LogP contribution in [0.2, 0.25) is 0 Å². The van der Waals surface area contributed by atoms with Gasteiger partial charge in [-0.2, -0.15) is 0 Å². The molecule has 0 N–H and O–H groups in total. The lowest BCUT2D eigenvalue weighted by Crippen LogP contribution is -2.32. The van der Waals surface area contributed by atoms with Gasteiger partial charge in [-0.25, -0.2) is 9.36 Å². The van der Waals surface area contributed by atoms with Gasteiger partial charge >= 0.3 is 6.09 Å². The minimum atomic E-state index is -0.601. The normalized spacial score (nSPS) is 14.9. The monoisotopic (exact) mass is 564 g/mol. The van der Waals surface area contributed by atoms with E-state index in [1.54, 1.807) is 27.7 Å². The average molecular weight is 566 g/mol. The Bertz CT molecular complexity index is 1510. The minimum absolute atomic E-state index is 0.101.